The molecule has 0 fully saturated rings. The summed E-state index contributed by atoms with van der Waals surface area (Å²) < 4.78 is 0. The zero-order chi connectivity index (χ0) is 16.3. The van der Waals surface area contributed by atoms with Gasteiger partial charge in [0.2, 0.25) is 0 Å². The van der Waals surface area contributed by atoms with Crippen LogP contribution in [0, 0.1) is 0 Å². The molecule has 0 nitrogen and oxygen atoms in total. The van der Waals surface area contributed by atoms with E-state index in [1.54, 1.807) is 0 Å². The van der Waals surface area contributed by atoms with Crippen molar-refractivity contribution in [2.24, 2.45) is 0 Å². The molecule has 0 radical (unpaired) electrons. The van der Waals surface area contributed by atoms with Gasteiger partial charge in [0.25, 0.3) is 0 Å². The van der Waals surface area contributed by atoms with E-state index in [1.165, 1.54) is 43.1 Å². The van der Waals surface area contributed by atoms with Crippen molar-refractivity contribution in [1.29, 1.82) is 0 Å². The van der Waals surface area contributed by atoms with Gasteiger partial charge in [0.1, 0.15) is 0 Å². The minimum atomic E-state index is 0.472. The van der Waals surface area contributed by atoms with Crippen molar-refractivity contribution in [2.75, 3.05) is 0 Å². The molecule has 116 valence electrons. The average Bonchev–Trinajstić information content (AvgIpc) is 2.64. The fourth-order valence-corrected chi connectivity index (χ4v) is 4.67. The zero-order valence-electron chi connectivity index (χ0n) is 12.9. The number of hydrogen-bond acceptors (Lipinski definition) is 0. The molecule has 0 aliphatic carbocycles. The highest BCUT2D eigenvalue weighted by Crippen LogP contribution is 2.43. The topological polar surface area (TPSA) is 0 Å². The van der Waals surface area contributed by atoms with Crippen molar-refractivity contribution in [2.45, 2.75) is 11.8 Å². The number of benzene rings is 5. The maximum absolute atomic E-state index is 6.37. The van der Waals surface area contributed by atoms with Crippen LogP contribution in [-0.2, 0) is 11.8 Å². The Hall–Kier alpha value is -2.02. The van der Waals surface area contributed by atoms with Crippen LogP contribution in [0.3, 0.4) is 0 Å². The van der Waals surface area contributed by atoms with E-state index in [0.29, 0.717) is 11.8 Å². The number of hydrogen-bond donors (Lipinski definition) is 0. The smallest absolute Gasteiger partial charge is 0.0483 e. The summed E-state index contributed by atoms with van der Waals surface area (Å²) in [6.07, 6.45) is 0. The largest absolute Gasteiger partial charge is 0.122 e. The number of alkyl halides is 2. The molecule has 5 rings (SSSR count). The molecule has 0 aromatic heterocycles. The fourth-order valence-electron chi connectivity index (χ4n) is 4.12. The van der Waals surface area contributed by atoms with Gasteiger partial charge < -0.3 is 0 Å². The predicted octanol–water partition coefficient (Wildman–Crippen LogP) is 7.21. The molecule has 0 heterocycles. The van der Waals surface area contributed by atoms with Crippen molar-refractivity contribution in [3.05, 3.63) is 71.8 Å². The number of halogens is 2. The molecule has 0 bridgehead atoms. The van der Waals surface area contributed by atoms with E-state index < -0.39 is 0 Å². The summed E-state index contributed by atoms with van der Waals surface area (Å²) in [7, 11) is 0. The van der Waals surface area contributed by atoms with Crippen LogP contribution in [0.4, 0.5) is 0 Å². The second-order valence-electron chi connectivity index (χ2n) is 6.27. The van der Waals surface area contributed by atoms with Crippen LogP contribution in [0.15, 0.2) is 60.7 Å². The first-order valence-corrected chi connectivity index (χ1v) is 9.12. The van der Waals surface area contributed by atoms with Gasteiger partial charge in [-0.15, -0.1) is 23.2 Å². The second kappa shape index (κ2) is 5.24. The van der Waals surface area contributed by atoms with Crippen LogP contribution >= 0.6 is 23.2 Å². The Morgan fingerprint density at radius 1 is 0.583 bits per heavy atom. The molecule has 0 aliphatic rings. The molecule has 0 aliphatic heterocycles. The standard InChI is InChI=1S/C22H14Cl2/c23-11-15-10-14-6-3-8-17-16-7-1-4-13-5-2-9-18(20(13)16)22(21(14)17)19(15)12-24/h1-10H,11-12H2. The van der Waals surface area contributed by atoms with Crippen molar-refractivity contribution in [3.8, 4) is 0 Å². The first kappa shape index (κ1) is 14.3. The summed E-state index contributed by atoms with van der Waals surface area (Å²) in [6, 6.07) is 21.8. The molecule has 0 N–H and O–H groups in total. The third-order valence-corrected chi connectivity index (χ3v) is 5.66. The van der Waals surface area contributed by atoms with Gasteiger partial charge in [-0.05, 0) is 60.3 Å². The summed E-state index contributed by atoms with van der Waals surface area (Å²) in [4.78, 5) is 0. The van der Waals surface area contributed by atoms with Gasteiger partial charge in [0.15, 0.2) is 0 Å². The quantitative estimate of drug-likeness (QED) is 0.179. The number of fused-ring (bicyclic) bond motifs is 2. The molecule has 5 aromatic rings. The van der Waals surface area contributed by atoms with Gasteiger partial charge in [-0.2, -0.15) is 0 Å². The monoisotopic (exact) mass is 348 g/mol. The lowest BCUT2D eigenvalue weighted by Gasteiger charge is -2.18. The Morgan fingerprint density at radius 2 is 1.21 bits per heavy atom. The Morgan fingerprint density at radius 3 is 1.88 bits per heavy atom. The highest BCUT2D eigenvalue weighted by atomic mass is 35.5. The molecule has 0 saturated carbocycles. The van der Waals surface area contributed by atoms with E-state index in [1.807, 2.05) is 0 Å². The van der Waals surface area contributed by atoms with Gasteiger partial charge in [0, 0.05) is 11.8 Å². The van der Waals surface area contributed by atoms with Crippen LogP contribution in [0.5, 0.6) is 0 Å². The van der Waals surface area contributed by atoms with Crippen LogP contribution in [0.1, 0.15) is 11.1 Å². The van der Waals surface area contributed by atoms with Crippen molar-refractivity contribution < 1.29 is 0 Å². The van der Waals surface area contributed by atoms with Gasteiger partial charge in [-0.3, -0.25) is 0 Å². The van der Waals surface area contributed by atoms with Gasteiger partial charge in [0.05, 0.1) is 0 Å². The Kier molecular flexibility index (Phi) is 3.13. The molecular weight excluding hydrogens is 335 g/mol. The molecular formula is C22H14Cl2. The molecule has 0 amide bonds. The molecule has 5 aromatic carbocycles. The highest BCUT2D eigenvalue weighted by molar-refractivity contribution is 6.34. The van der Waals surface area contributed by atoms with E-state index >= 15 is 0 Å². The lowest BCUT2D eigenvalue weighted by molar-refractivity contribution is 1.31. The lowest BCUT2D eigenvalue weighted by Crippen LogP contribution is -1.95. The fraction of sp³-hybridized carbons (Fsp3) is 0.0909. The third-order valence-electron chi connectivity index (χ3n) is 5.11. The van der Waals surface area contributed by atoms with Crippen LogP contribution in [0.25, 0.3) is 43.1 Å². The maximum Gasteiger partial charge on any atom is 0.0483 e. The van der Waals surface area contributed by atoms with E-state index in [0.717, 1.165) is 11.1 Å². The summed E-state index contributed by atoms with van der Waals surface area (Å²) in [5, 5.41) is 10.3. The molecule has 0 saturated heterocycles. The zero-order valence-corrected chi connectivity index (χ0v) is 14.5. The molecule has 2 heteroatoms. The highest BCUT2D eigenvalue weighted by Gasteiger charge is 2.17. The van der Waals surface area contributed by atoms with Crippen molar-refractivity contribution in [3.63, 3.8) is 0 Å². The van der Waals surface area contributed by atoms with Gasteiger partial charge in [-0.25, -0.2) is 0 Å². The number of rotatable bonds is 2. The second-order valence-corrected chi connectivity index (χ2v) is 6.80. The first-order chi connectivity index (χ1) is 11.8. The van der Waals surface area contributed by atoms with Gasteiger partial charge in [-0.1, -0.05) is 54.6 Å². The van der Waals surface area contributed by atoms with Crippen LogP contribution in [-0.4, -0.2) is 0 Å². The predicted molar refractivity (Wildman–Crippen MR) is 107 cm³/mol. The third kappa shape index (κ3) is 1.76. The van der Waals surface area contributed by atoms with E-state index in [9.17, 15) is 0 Å². The Balaban J connectivity index is 2.24. The minimum Gasteiger partial charge on any atom is -0.122 e. The van der Waals surface area contributed by atoms with Crippen molar-refractivity contribution >= 4 is 66.3 Å². The summed E-state index contributed by atoms with van der Waals surface area (Å²) in [6.45, 7) is 0. The summed E-state index contributed by atoms with van der Waals surface area (Å²) in [5.41, 5.74) is 2.29. The summed E-state index contributed by atoms with van der Waals surface area (Å²) in [5.74, 6) is 0.951. The maximum atomic E-state index is 6.37. The van der Waals surface area contributed by atoms with Gasteiger partial charge >= 0.3 is 0 Å². The molecule has 0 atom stereocenters. The molecule has 0 unspecified atom stereocenters. The van der Waals surface area contributed by atoms with E-state index in [2.05, 4.69) is 60.7 Å². The Labute approximate surface area is 149 Å². The average molecular weight is 349 g/mol. The van der Waals surface area contributed by atoms with Crippen LogP contribution in [0.2, 0.25) is 0 Å². The molecule has 0 spiro atoms. The normalized spacial score (nSPS) is 12.1. The molecule has 24 heavy (non-hydrogen) atoms. The lowest BCUT2D eigenvalue weighted by atomic mass is 9.86. The van der Waals surface area contributed by atoms with Crippen LogP contribution < -0.4 is 0 Å². The minimum absolute atomic E-state index is 0.472. The SMILES string of the molecule is ClCc1cc2cccc3c4cccc5cccc(c(c1CCl)c23)c54. The Bertz CT molecular complexity index is 1220. The van der Waals surface area contributed by atoms with E-state index in [-0.39, 0.29) is 0 Å². The first-order valence-electron chi connectivity index (χ1n) is 8.05. The van der Waals surface area contributed by atoms with Crippen molar-refractivity contribution in [1.82, 2.24) is 0 Å². The summed E-state index contributed by atoms with van der Waals surface area (Å²) >= 11 is 12.6. The van der Waals surface area contributed by atoms with E-state index in [4.69, 9.17) is 23.2 Å².